The molecule has 0 aliphatic heterocycles. The maximum atomic E-state index is 12.9. The zero-order valence-corrected chi connectivity index (χ0v) is 14.1. The molecule has 2 aromatic carbocycles. The molecule has 0 aliphatic carbocycles. The summed E-state index contributed by atoms with van der Waals surface area (Å²) in [5, 5.41) is 5.99. The highest BCUT2D eigenvalue weighted by molar-refractivity contribution is 5.92. The highest BCUT2D eigenvalue weighted by atomic mass is 19.4. The predicted octanol–water partition coefficient (Wildman–Crippen LogP) is 4.08. The first kappa shape index (κ1) is 18.4. The molecule has 0 aliphatic rings. The smallest absolute Gasteiger partial charge is 0.418 e. The third-order valence-corrected chi connectivity index (χ3v) is 3.52. The van der Waals surface area contributed by atoms with Crippen LogP contribution < -0.4 is 10.1 Å². The molecule has 0 fully saturated rings. The van der Waals surface area contributed by atoms with Crippen molar-refractivity contribution in [3.8, 4) is 17.1 Å². The predicted molar refractivity (Wildman–Crippen MR) is 90.0 cm³/mol. The summed E-state index contributed by atoms with van der Waals surface area (Å²) in [4.78, 5) is 16.0. The summed E-state index contributed by atoms with van der Waals surface area (Å²) < 4.78 is 49.0. The Balaban J connectivity index is 1.60. The van der Waals surface area contributed by atoms with E-state index >= 15 is 0 Å². The van der Waals surface area contributed by atoms with Crippen molar-refractivity contribution in [2.75, 3.05) is 11.9 Å². The second kappa shape index (κ2) is 7.48. The van der Waals surface area contributed by atoms with E-state index in [0.717, 1.165) is 6.07 Å². The number of alkyl halides is 3. The number of aromatic nitrogens is 2. The molecule has 1 amide bonds. The molecular weight excluding hydrogens is 363 g/mol. The number of amides is 1. The fourth-order valence-electron chi connectivity index (χ4n) is 2.29. The molecule has 3 aromatic rings. The normalized spacial score (nSPS) is 11.3. The number of aryl methyl sites for hydroxylation is 1. The molecule has 0 spiro atoms. The number of para-hydroxylation sites is 1. The van der Waals surface area contributed by atoms with Crippen LogP contribution in [0, 0.1) is 6.92 Å². The monoisotopic (exact) mass is 377 g/mol. The fraction of sp³-hybridized carbons (Fsp3) is 0.167. The van der Waals surface area contributed by atoms with Gasteiger partial charge in [-0.25, -0.2) is 0 Å². The van der Waals surface area contributed by atoms with E-state index in [1.54, 1.807) is 31.2 Å². The molecule has 1 heterocycles. The van der Waals surface area contributed by atoms with E-state index in [2.05, 4.69) is 15.5 Å². The molecule has 3 rings (SSSR count). The fourth-order valence-corrected chi connectivity index (χ4v) is 2.29. The van der Waals surface area contributed by atoms with Gasteiger partial charge in [0, 0.05) is 12.5 Å². The summed E-state index contributed by atoms with van der Waals surface area (Å²) in [5.41, 5.74) is -0.540. The Labute approximate surface area is 152 Å². The van der Waals surface area contributed by atoms with Gasteiger partial charge in [0.15, 0.2) is 6.61 Å². The third-order valence-electron chi connectivity index (χ3n) is 3.52. The molecule has 0 atom stereocenters. The van der Waals surface area contributed by atoms with Crippen LogP contribution in [0.3, 0.4) is 0 Å². The highest BCUT2D eigenvalue weighted by Crippen LogP contribution is 2.34. The number of anilines is 1. The molecule has 1 N–H and O–H groups in total. The van der Waals surface area contributed by atoms with Crippen molar-refractivity contribution in [3.05, 3.63) is 60.0 Å². The van der Waals surface area contributed by atoms with Gasteiger partial charge in [0.1, 0.15) is 5.75 Å². The van der Waals surface area contributed by atoms with Gasteiger partial charge in [0.25, 0.3) is 5.91 Å². The van der Waals surface area contributed by atoms with Crippen LogP contribution in [0.1, 0.15) is 11.5 Å². The first-order chi connectivity index (χ1) is 12.8. The van der Waals surface area contributed by atoms with Crippen LogP contribution >= 0.6 is 0 Å². The van der Waals surface area contributed by atoms with Crippen molar-refractivity contribution in [2.24, 2.45) is 0 Å². The van der Waals surface area contributed by atoms with Crippen LogP contribution in [0.4, 0.5) is 18.9 Å². The number of nitrogens with one attached hydrogen (secondary N) is 1. The molecule has 27 heavy (non-hydrogen) atoms. The van der Waals surface area contributed by atoms with Crippen LogP contribution in [0.25, 0.3) is 11.4 Å². The van der Waals surface area contributed by atoms with Crippen molar-refractivity contribution < 1.29 is 27.2 Å². The van der Waals surface area contributed by atoms with Gasteiger partial charge in [0.2, 0.25) is 11.7 Å². The van der Waals surface area contributed by atoms with E-state index in [9.17, 15) is 18.0 Å². The number of benzene rings is 2. The standard InChI is InChI=1S/C18H14F3N3O3/c1-11-22-17(24-27-11)12-6-8-13(9-7-12)26-10-16(25)23-15-5-3-2-4-14(15)18(19,20)21/h2-9H,10H2,1H3,(H,23,25). The van der Waals surface area contributed by atoms with E-state index in [0.29, 0.717) is 23.0 Å². The number of hydrogen-bond acceptors (Lipinski definition) is 5. The summed E-state index contributed by atoms with van der Waals surface area (Å²) in [6, 6.07) is 11.3. The maximum Gasteiger partial charge on any atom is 0.418 e. The Bertz CT molecular complexity index is 937. The second-order valence-electron chi connectivity index (χ2n) is 5.54. The summed E-state index contributed by atoms with van der Waals surface area (Å²) >= 11 is 0. The number of rotatable bonds is 5. The second-order valence-corrected chi connectivity index (χ2v) is 5.54. The Kier molecular flexibility index (Phi) is 5.11. The molecule has 0 unspecified atom stereocenters. The lowest BCUT2D eigenvalue weighted by atomic mass is 10.1. The Morgan fingerprint density at radius 1 is 1.15 bits per heavy atom. The number of nitrogens with zero attached hydrogens (tertiary/aromatic N) is 2. The number of carbonyl (C=O) groups is 1. The van der Waals surface area contributed by atoms with E-state index in [1.807, 2.05) is 0 Å². The Hall–Kier alpha value is -3.36. The Morgan fingerprint density at radius 3 is 2.48 bits per heavy atom. The van der Waals surface area contributed by atoms with E-state index in [4.69, 9.17) is 9.26 Å². The van der Waals surface area contributed by atoms with Crippen LogP contribution in [0.5, 0.6) is 5.75 Å². The van der Waals surface area contributed by atoms with Crippen LogP contribution in [0.2, 0.25) is 0 Å². The van der Waals surface area contributed by atoms with Crippen LogP contribution in [-0.2, 0) is 11.0 Å². The van der Waals surface area contributed by atoms with Crippen molar-refractivity contribution in [1.29, 1.82) is 0 Å². The van der Waals surface area contributed by atoms with E-state index < -0.39 is 24.3 Å². The van der Waals surface area contributed by atoms with Gasteiger partial charge in [-0.1, -0.05) is 17.3 Å². The third kappa shape index (κ3) is 4.63. The number of halogens is 3. The summed E-state index contributed by atoms with van der Waals surface area (Å²) in [6.07, 6.45) is -4.56. The SMILES string of the molecule is Cc1nc(-c2ccc(OCC(=O)Nc3ccccc3C(F)(F)F)cc2)no1. The first-order valence-corrected chi connectivity index (χ1v) is 7.82. The minimum absolute atomic E-state index is 0.318. The molecule has 6 nitrogen and oxygen atoms in total. The van der Waals surface area contributed by atoms with Crippen molar-refractivity contribution in [1.82, 2.24) is 10.1 Å². The average Bonchev–Trinajstić information content (AvgIpc) is 3.06. The number of carbonyl (C=O) groups excluding carboxylic acids is 1. The zero-order valence-electron chi connectivity index (χ0n) is 14.1. The molecule has 140 valence electrons. The quantitative estimate of drug-likeness (QED) is 0.725. The minimum Gasteiger partial charge on any atom is -0.484 e. The minimum atomic E-state index is -4.56. The molecule has 0 bridgehead atoms. The van der Waals surface area contributed by atoms with Gasteiger partial charge in [-0.15, -0.1) is 0 Å². The van der Waals surface area contributed by atoms with Gasteiger partial charge < -0.3 is 14.6 Å². The molecule has 9 heteroatoms. The molecule has 0 saturated carbocycles. The van der Waals surface area contributed by atoms with Crippen molar-refractivity contribution in [2.45, 2.75) is 13.1 Å². The highest BCUT2D eigenvalue weighted by Gasteiger charge is 2.33. The lowest BCUT2D eigenvalue weighted by Crippen LogP contribution is -2.22. The number of ether oxygens (including phenoxy) is 1. The Morgan fingerprint density at radius 2 is 1.85 bits per heavy atom. The largest absolute Gasteiger partial charge is 0.484 e. The summed E-state index contributed by atoms with van der Waals surface area (Å²) in [5.74, 6) is 0.518. The van der Waals surface area contributed by atoms with Crippen LogP contribution in [0.15, 0.2) is 53.1 Å². The van der Waals surface area contributed by atoms with Gasteiger partial charge >= 0.3 is 6.18 Å². The molecular formula is C18H14F3N3O3. The van der Waals surface area contributed by atoms with Gasteiger partial charge in [0.05, 0.1) is 11.3 Å². The average molecular weight is 377 g/mol. The lowest BCUT2D eigenvalue weighted by Gasteiger charge is -2.13. The molecule has 1 aromatic heterocycles. The molecule has 0 saturated heterocycles. The lowest BCUT2D eigenvalue weighted by molar-refractivity contribution is -0.137. The summed E-state index contributed by atoms with van der Waals surface area (Å²) in [6.45, 7) is 1.23. The van der Waals surface area contributed by atoms with Gasteiger partial charge in [-0.3, -0.25) is 4.79 Å². The van der Waals surface area contributed by atoms with E-state index in [-0.39, 0.29) is 5.69 Å². The number of hydrogen-bond donors (Lipinski definition) is 1. The van der Waals surface area contributed by atoms with Gasteiger partial charge in [-0.2, -0.15) is 18.2 Å². The topological polar surface area (TPSA) is 77.2 Å². The van der Waals surface area contributed by atoms with Crippen LogP contribution in [-0.4, -0.2) is 22.7 Å². The first-order valence-electron chi connectivity index (χ1n) is 7.82. The summed E-state index contributed by atoms with van der Waals surface area (Å²) in [7, 11) is 0. The van der Waals surface area contributed by atoms with Gasteiger partial charge in [-0.05, 0) is 36.4 Å². The maximum absolute atomic E-state index is 12.9. The van der Waals surface area contributed by atoms with Crippen molar-refractivity contribution in [3.63, 3.8) is 0 Å². The van der Waals surface area contributed by atoms with Crippen molar-refractivity contribution >= 4 is 11.6 Å². The van der Waals surface area contributed by atoms with E-state index in [1.165, 1.54) is 18.2 Å². The zero-order chi connectivity index (χ0) is 19.4. The molecule has 0 radical (unpaired) electrons.